The van der Waals surface area contributed by atoms with Crippen molar-refractivity contribution < 1.29 is 14.3 Å². The van der Waals surface area contributed by atoms with Crippen molar-refractivity contribution in [3.8, 4) is 22.8 Å². The zero-order valence-electron chi connectivity index (χ0n) is 16.1. The van der Waals surface area contributed by atoms with Gasteiger partial charge >= 0.3 is 0 Å². The highest BCUT2D eigenvalue weighted by Crippen LogP contribution is 2.35. The van der Waals surface area contributed by atoms with Gasteiger partial charge in [-0.1, -0.05) is 12.1 Å². The number of nitrogens with one attached hydrogen (secondary N) is 1. The minimum absolute atomic E-state index is 0.0285. The minimum atomic E-state index is -0.0285. The molecule has 1 N–H and O–H groups in total. The van der Waals surface area contributed by atoms with Crippen LogP contribution in [0, 0.1) is 0 Å². The summed E-state index contributed by atoms with van der Waals surface area (Å²) in [4.78, 5) is 21.5. The summed E-state index contributed by atoms with van der Waals surface area (Å²) < 4.78 is 12.4. The molecule has 1 aliphatic rings. The van der Waals surface area contributed by atoms with Gasteiger partial charge in [-0.05, 0) is 43.2 Å². The molecular weight excluding hydrogens is 418 g/mol. The number of carbonyl (C=O) groups excluding carboxylic acids is 1. The molecule has 1 aliphatic heterocycles. The third-order valence-electron chi connectivity index (χ3n) is 4.72. The summed E-state index contributed by atoms with van der Waals surface area (Å²) in [5, 5.41) is 6.51. The zero-order chi connectivity index (χ0) is 20.3. The Morgan fingerprint density at radius 3 is 2.83 bits per heavy atom. The Labute approximate surface area is 181 Å². The molecule has 0 bridgehead atoms. The molecule has 30 heavy (non-hydrogen) atoms. The number of anilines is 1. The van der Waals surface area contributed by atoms with E-state index < -0.39 is 0 Å². The van der Waals surface area contributed by atoms with E-state index in [1.807, 2.05) is 41.8 Å². The van der Waals surface area contributed by atoms with Gasteiger partial charge in [0.1, 0.15) is 13.2 Å². The fourth-order valence-electron chi connectivity index (χ4n) is 3.28. The summed E-state index contributed by atoms with van der Waals surface area (Å²) in [5.74, 6) is 1.45. The van der Waals surface area contributed by atoms with Crippen LogP contribution in [0.3, 0.4) is 0 Å². The van der Waals surface area contributed by atoms with E-state index in [1.54, 1.807) is 11.3 Å². The summed E-state index contributed by atoms with van der Waals surface area (Å²) >= 11 is 3.11. The van der Waals surface area contributed by atoms with Crippen LogP contribution in [0.25, 0.3) is 21.5 Å². The molecule has 2 aromatic carbocycles. The number of carbonyl (C=O) groups is 1. The standard InChI is InChI=1S/C22H19N3O3S2/c26-20(6-3-7-21-23-15-4-1-2-5-19(15)30-21)25-22-24-16(13-29-22)14-8-9-17-18(12-14)28-11-10-27-17/h1-2,4-5,8-9,12-13H,3,6-7,10-11H2,(H,24,25,26). The van der Waals surface area contributed by atoms with Crippen LogP contribution >= 0.6 is 22.7 Å². The van der Waals surface area contributed by atoms with Gasteiger partial charge in [0.15, 0.2) is 16.6 Å². The fourth-order valence-corrected chi connectivity index (χ4v) is 5.02. The minimum Gasteiger partial charge on any atom is -0.486 e. The molecule has 1 amide bonds. The number of para-hydroxylation sites is 1. The van der Waals surface area contributed by atoms with Crippen LogP contribution < -0.4 is 14.8 Å². The van der Waals surface area contributed by atoms with E-state index in [0.29, 0.717) is 24.8 Å². The lowest BCUT2D eigenvalue weighted by atomic mass is 10.1. The van der Waals surface area contributed by atoms with Crippen LogP contribution in [-0.4, -0.2) is 29.1 Å². The number of nitrogens with zero attached hydrogens (tertiary/aromatic N) is 2. The second-order valence-corrected chi connectivity index (χ2v) is 8.85. The summed E-state index contributed by atoms with van der Waals surface area (Å²) in [6.07, 6.45) is 1.99. The summed E-state index contributed by atoms with van der Waals surface area (Å²) in [6.45, 7) is 1.12. The molecule has 0 atom stereocenters. The number of fused-ring (bicyclic) bond motifs is 2. The third kappa shape index (κ3) is 4.15. The maximum absolute atomic E-state index is 12.3. The average molecular weight is 438 g/mol. The van der Waals surface area contributed by atoms with Crippen molar-refractivity contribution in [2.45, 2.75) is 19.3 Å². The van der Waals surface area contributed by atoms with Gasteiger partial charge in [-0.2, -0.15) is 0 Å². The molecule has 6 nitrogen and oxygen atoms in total. The Morgan fingerprint density at radius 2 is 1.93 bits per heavy atom. The highest BCUT2D eigenvalue weighted by atomic mass is 32.1. The third-order valence-corrected chi connectivity index (χ3v) is 6.58. The Hall–Kier alpha value is -2.97. The zero-order valence-corrected chi connectivity index (χ0v) is 17.7. The van der Waals surface area contributed by atoms with Gasteiger partial charge in [-0.25, -0.2) is 9.97 Å². The van der Waals surface area contributed by atoms with Gasteiger partial charge in [0, 0.05) is 17.4 Å². The van der Waals surface area contributed by atoms with Gasteiger partial charge in [0.05, 0.1) is 20.9 Å². The number of aromatic nitrogens is 2. The molecule has 0 radical (unpaired) electrons. The van der Waals surface area contributed by atoms with Crippen LogP contribution in [0.2, 0.25) is 0 Å². The normalized spacial score (nSPS) is 12.8. The predicted octanol–water partition coefficient (Wildman–Crippen LogP) is 5.15. The van der Waals surface area contributed by atoms with Gasteiger partial charge in [-0.3, -0.25) is 4.79 Å². The molecule has 152 valence electrons. The van der Waals surface area contributed by atoms with Crippen LogP contribution in [-0.2, 0) is 11.2 Å². The van der Waals surface area contributed by atoms with Crippen molar-refractivity contribution in [3.05, 3.63) is 52.9 Å². The molecule has 0 unspecified atom stereocenters. The molecule has 2 aromatic heterocycles. The maximum Gasteiger partial charge on any atom is 0.226 e. The largest absolute Gasteiger partial charge is 0.486 e. The number of hydrogen-bond acceptors (Lipinski definition) is 7. The smallest absolute Gasteiger partial charge is 0.226 e. The monoisotopic (exact) mass is 437 g/mol. The van der Waals surface area contributed by atoms with E-state index in [-0.39, 0.29) is 5.91 Å². The van der Waals surface area contributed by atoms with E-state index in [2.05, 4.69) is 21.4 Å². The first-order valence-corrected chi connectivity index (χ1v) is 11.4. The highest BCUT2D eigenvalue weighted by Gasteiger charge is 2.14. The topological polar surface area (TPSA) is 73.3 Å². The Morgan fingerprint density at radius 1 is 1.07 bits per heavy atom. The van der Waals surface area contributed by atoms with Crippen LogP contribution in [0.15, 0.2) is 47.8 Å². The number of thiazole rings is 2. The van der Waals surface area contributed by atoms with Crippen LogP contribution in [0.5, 0.6) is 11.5 Å². The summed E-state index contributed by atoms with van der Waals surface area (Å²) in [6, 6.07) is 13.9. The van der Waals surface area contributed by atoms with E-state index in [0.717, 1.165) is 46.1 Å². The quantitative estimate of drug-likeness (QED) is 0.451. The Balaban J connectivity index is 1.16. The van der Waals surface area contributed by atoms with Crippen molar-refractivity contribution in [2.24, 2.45) is 0 Å². The summed E-state index contributed by atoms with van der Waals surface area (Å²) in [5.41, 5.74) is 2.77. The molecular formula is C22H19N3O3S2. The number of benzene rings is 2. The molecule has 4 aromatic rings. The van der Waals surface area contributed by atoms with Crippen molar-refractivity contribution >= 4 is 43.9 Å². The molecule has 0 aliphatic carbocycles. The molecule has 0 saturated carbocycles. The predicted molar refractivity (Wildman–Crippen MR) is 120 cm³/mol. The van der Waals surface area contributed by atoms with E-state index in [9.17, 15) is 4.79 Å². The van der Waals surface area contributed by atoms with E-state index >= 15 is 0 Å². The fraction of sp³-hybridized carbons (Fsp3) is 0.227. The molecule has 0 spiro atoms. The SMILES string of the molecule is O=C(CCCc1nc2ccccc2s1)Nc1nc(-c2ccc3c(c2)OCCO3)cs1. The van der Waals surface area contributed by atoms with Crippen molar-refractivity contribution in [1.82, 2.24) is 9.97 Å². The lowest BCUT2D eigenvalue weighted by molar-refractivity contribution is -0.116. The highest BCUT2D eigenvalue weighted by molar-refractivity contribution is 7.18. The Kier molecular flexibility index (Phi) is 5.33. The second-order valence-electron chi connectivity index (χ2n) is 6.87. The molecule has 0 fully saturated rings. The van der Waals surface area contributed by atoms with E-state index in [1.165, 1.54) is 16.0 Å². The van der Waals surface area contributed by atoms with Crippen molar-refractivity contribution in [3.63, 3.8) is 0 Å². The average Bonchev–Trinajstić information content (AvgIpc) is 3.40. The number of amides is 1. The first-order valence-electron chi connectivity index (χ1n) is 9.74. The van der Waals surface area contributed by atoms with Gasteiger partial charge in [-0.15, -0.1) is 22.7 Å². The summed E-state index contributed by atoms with van der Waals surface area (Å²) in [7, 11) is 0. The van der Waals surface area contributed by atoms with Crippen molar-refractivity contribution in [1.29, 1.82) is 0 Å². The van der Waals surface area contributed by atoms with E-state index in [4.69, 9.17) is 9.47 Å². The molecule has 8 heteroatoms. The lowest BCUT2D eigenvalue weighted by Gasteiger charge is -2.18. The first-order chi connectivity index (χ1) is 14.7. The van der Waals surface area contributed by atoms with Gasteiger partial charge in [0.25, 0.3) is 0 Å². The molecule has 5 rings (SSSR count). The number of rotatable bonds is 6. The number of ether oxygens (including phenoxy) is 2. The van der Waals surface area contributed by atoms with Gasteiger partial charge < -0.3 is 14.8 Å². The maximum atomic E-state index is 12.3. The van der Waals surface area contributed by atoms with Crippen molar-refractivity contribution in [2.75, 3.05) is 18.5 Å². The van der Waals surface area contributed by atoms with Crippen LogP contribution in [0.4, 0.5) is 5.13 Å². The van der Waals surface area contributed by atoms with Crippen LogP contribution in [0.1, 0.15) is 17.8 Å². The Bertz CT molecular complexity index is 1170. The van der Waals surface area contributed by atoms with Gasteiger partial charge in [0.2, 0.25) is 5.91 Å². The molecule has 0 saturated heterocycles. The first kappa shape index (κ1) is 19.0. The number of hydrogen-bond donors (Lipinski definition) is 1. The lowest BCUT2D eigenvalue weighted by Crippen LogP contribution is -2.15. The second kappa shape index (κ2) is 8.41. The number of aryl methyl sites for hydroxylation is 1. The molecule has 3 heterocycles.